The number of benzene rings is 1. The van der Waals surface area contributed by atoms with Gasteiger partial charge in [-0.15, -0.1) is 0 Å². The highest BCUT2D eigenvalue weighted by Crippen LogP contribution is 2.24. The Morgan fingerprint density at radius 3 is 2.76 bits per heavy atom. The Morgan fingerprint density at radius 2 is 2.00 bits per heavy atom. The molecule has 4 rings (SSSR count). The number of anilines is 1. The second kappa shape index (κ2) is 8.96. The van der Waals surface area contributed by atoms with E-state index >= 15 is 0 Å². The Kier molecular flexibility index (Phi) is 6.07. The normalized spacial score (nSPS) is 15.9. The first-order valence-corrected chi connectivity index (χ1v) is 11.9. The van der Waals surface area contributed by atoms with Crippen LogP contribution in [0, 0.1) is 0 Å². The largest absolute Gasteiger partial charge is 0.462 e. The number of esters is 1. The van der Waals surface area contributed by atoms with Crippen molar-refractivity contribution in [2.24, 2.45) is 5.10 Å². The van der Waals surface area contributed by atoms with Gasteiger partial charge in [0.1, 0.15) is 11.8 Å². The molecule has 11 heteroatoms. The Labute approximate surface area is 190 Å². The number of hydrogen-bond donors (Lipinski definition) is 1. The van der Waals surface area contributed by atoms with Gasteiger partial charge in [0.05, 0.1) is 34.6 Å². The first-order chi connectivity index (χ1) is 15.8. The summed E-state index contributed by atoms with van der Waals surface area (Å²) in [5.74, 6) is -0.139. The first-order valence-electron chi connectivity index (χ1n) is 10.00. The fraction of sp³-hybridized carbons (Fsp3) is 0.182. The van der Waals surface area contributed by atoms with Crippen molar-refractivity contribution in [2.45, 2.75) is 17.9 Å². The molecule has 2 aromatic heterocycles. The molecule has 0 spiro atoms. The number of hydrazone groups is 1. The van der Waals surface area contributed by atoms with E-state index in [9.17, 15) is 18.3 Å². The van der Waals surface area contributed by atoms with Gasteiger partial charge in [-0.05, 0) is 49.4 Å². The third kappa shape index (κ3) is 4.69. The predicted molar refractivity (Wildman–Crippen MR) is 121 cm³/mol. The van der Waals surface area contributed by atoms with E-state index in [1.54, 1.807) is 31.3 Å². The van der Waals surface area contributed by atoms with Crippen LogP contribution in [0.1, 0.15) is 23.0 Å². The number of aliphatic hydroxyl groups is 1. The summed E-state index contributed by atoms with van der Waals surface area (Å²) in [6.45, 7) is 1.97. The molecule has 0 radical (unpaired) electrons. The summed E-state index contributed by atoms with van der Waals surface area (Å²) in [6.07, 6.45) is 6.16. The number of aromatic nitrogens is 3. The van der Waals surface area contributed by atoms with Gasteiger partial charge >= 0.3 is 5.97 Å². The lowest BCUT2D eigenvalue weighted by molar-refractivity contribution is 0.0526. The smallest absolute Gasteiger partial charge is 0.338 e. The third-order valence-corrected chi connectivity index (χ3v) is 5.90. The van der Waals surface area contributed by atoms with E-state index < -0.39 is 21.9 Å². The molecule has 170 valence electrons. The predicted octanol–water partition coefficient (Wildman–Crippen LogP) is 1.95. The number of pyridine rings is 1. The highest BCUT2D eigenvalue weighted by atomic mass is 32.2. The van der Waals surface area contributed by atoms with Crippen molar-refractivity contribution >= 4 is 27.2 Å². The van der Waals surface area contributed by atoms with E-state index in [0.717, 1.165) is 6.26 Å². The first kappa shape index (κ1) is 22.4. The van der Waals surface area contributed by atoms with Crippen molar-refractivity contribution < 1.29 is 23.1 Å². The molecular weight excluding hydrogens is 446 g/mol. The third-order valence-electron chi connectivity index (χ3n) is 4.79. The van der Waals surface area contributed by atoms with Crippen molar-refractivity contribution in [2.75, 3.05) is 17.9 Å². The fourth-order valence-electron chi connectivity index (χ4n) is 3.22. The van der Waals surface area contributed by atoms with Gasteiger partial charge in [0.2, 0.25) is 0 Å². The molecule has 0 saturated carbocycles. The zero-order valence-corrected chi connectivity index (χ0v) is 18.7. The summed E-state index contributed by atoms with van der Waals surface area (Å²) in [5, 5.41) is 20.9. The molecule has 1 unspecified atom stereocenters. The average molecular weight is 468 g/mol. The van der Waals surface area contributed by atoms with Gasteiger partial charge in [-0.3, -0.25) is 0 Å². The van der Waals surface area contributed by atoms with E-state index in [1.807, 2.05) is 0 Å². The summed E-state index contributed by atoms with van der Waals surface area (Å²) in [6, 6.07) is 11.1. The minimum Gasteiger partial charge on any atom is -0.462 e. The molecule has 0 aliphatic carbocycles. The van der Waals surface area contributed by atoms with Crippen LogP contribution in [0.3, 0.4) is 0 Å². The molecule has 1 aromatic carbocycles. The standard InChI is InChI=1S/C22H21N5O5S/c1-3-32-22(29)15-7-10-23-20(13-15)27-18(8-11-24-27)21-19(28)9-12-26(25-21)16-5-4-6-17(14-16)33(2,30)31/h4-14,19,28H,3H2,1-2H3. The molecule has 0 amide bonds. The summed E-state index contributed by atoms with van der Waals surface area (Å²) < 4.78 is 30.3. The second-order valence-electron chi connectivity index (χ2n) is 7.14. The molecule has 1 N–H and O–H groups in total. The Hall–Kier alpha value is -3.83. The summed E-state index contributed by atoms with van der Waals surface area (Å²) in [4.78, 5) is 16.5. The minimum atomic E-state index is -3.40. The van der Waals surface area contributed by atoms with Gasteiger partial charge in [-0.25, -0.2) is 27.9 Å². The van der Waals surface area contributed by atoms with Gasteiger partial charge < -0.3 is 9.84 Å². The van der Waals surface area contributed by atoms with E-state index in [1.165, 1.54) is 52.4 Å². The Balaban J connectivity index is 1.72. The maximum Gasteiger partial charge on any atom is 0.338 e. The average Bonchev–Trinajstić information content (AvgIpc) is 3.29. The molecule has 10 nitrogen and oxygen atoms in total. The molecule has 0 bridgehead atoms. The van der Waals surface area contributed by atoms with Gasteiger partial charge in [-0.2, -0.15) is 10.2 Å². The zero-order valence-electron chi connectivity index (χ0n) is 17.9. The Morgan fingerprint density at radius 1 is 1.18 bits per heavy atom. The van der Waals surface area contributed by atoms with Crippen molar-refractivity contribution in [3.63, 3.8) is 0 Å². The number of rotatable bonds is 6. The fourth-order valence-corrected chi connectivity index (χ4v) is 3.88. The van der Waals surface area contributed by atoms with Gasteiger partial charge in [0, 0.05) is 18.7 Å². The number of carbonyl (C=O) groups is 1. The molecule has 1 atom stereocenters. The number of sulfone groups is 1. The maximum absolute atomic E-state index is 12.1. The molecule has 3 heterocycles. The molecule has 1 aliphatic heterocycles. The van der Waals surface area contributed by atoms with E-state index in [-0.39, 0.29) is 17.2 Å². The SMILES string of the molecule is CCOC(=O)c1ccnc(-n2nccc2C2=NN(c3cccc(S(C)(=O)=O)c3)C=CC2O)c1. The van der Waals surface area contributed by atoms with Gasteiger partial charge in [-0.1, -0.05) is 6.07 Å². The lowest BCUT2D eigenvalue weighted by atomic mass is 10.1. The van der Waals surface area contributed by atoms with Crippen LogP contribution in [0.15, 0.2) is 77.1 Å². The molecule has 3 aromatic rings. The Bertz CT molecular complexity index is 1360. The van der Waals surface area contributed by atoms with Crippen LogP contribution in [0.2, 0.25) is 0 Å². The lowest BCUT2D eigenvalue weighted by Gasteiger charge is -2.23. The number of hydrogen-bond acceptors (Lipinski definition) is 9. The minimum absolute atomic E-state index is 0.154. The number of nitrogens with zero attached hydrogens (tertiary/aromatic N) is 5. The van der Waals surface area contributed by atoms with E-state index in [0.29, 0.717) is 22.8 Å². The second-order valence-corrected chi connectivity index (χ2v) is 9.15. The number of carbonyl (C=O) groups excluding carboxylic acids is 1. The van der Waals surface area contributed by atoms with Crippen molar-refractivity contribution in [3.8, 4) is 5.82 Å². The summed E-state index contributed by atoms with van der Waals surface area (Å²) >= 11 is 0. The van der Waals surface area contributed by atoms with Crippen LogP contribution < -0.4 is 5.01 Å². The quantitative estimate of drug-likeness (QED) is 0.545. The van der Waals surface area contributed by atoms with Crippen molar-refractivity contribution in [3.05, 3.63) is 78.4 Å². The van der Waals surface area contributed by atoms with E-state index in [4.69, 9.17) is 4.74 Å². The summed E-state index contributed by atoms with van der Waals surface area (Å²) in [7, 11) is -3.40. The van der Waals surface area contributed by atoms with Crippen LogP contribution >= 0.6 is 0 Å². The maximum atomic E-state index is 12.1. The monoisotopic (exact) mass is 467 g/mol. The van der Waals surface area contributed by atoms with E-state index in [2.05, 4.69) is 15.2 Å². The zero-order chi connectivity index (χ0) is 23.6. The van der Waals surface area contributed by atoms with Gasteiger partial charge in [0.25, 0.3) is 0 Å². The topological polar surface area (TPSA) is 127 Å². The highest BCUT2D eigenvalue weighted by Gasteiger charge is 2.24. The van der Waals surface area contributed by atoms with Crippen LogP contribution in [-0.4, -0.2) is 58.9 Å². The van der Waals surface area contributed by atoms with Crippen LogP contribution in [0.4, 0.5) is 5.69 Å². The van der Waals surface area contributed by atoms with Crippen LogP contribution in [0.25, 0.3) is 5.82 Å². The molecular formula is C22H21N5O5S. The van der Waals surface area contributed by atoms with Crippen molar-refractivity contribution in [1.82, 2.24) is 14.8 Å². The van der Waals surface area contributed by atoms with Crippen LogP contribution in [0.5, 0.6) is 0 Å². The molecule has 0 saturated heterocycles. The number of aliphatic hydroxyl groups excluding tert-OH is 1. The summed E-state index contributed by atoms with van der Waals surface area (Å²) in [5.41, 5.74) is 1.54. The van der Waals surface area contributed by atoms with Crippen molar-refractivity contribution in [1.29, 1.82) is 0 Å². The molecule has 1 aliphatic rings. The van der Waals surface area contributed by atoms with Crippen LogP contribution in [-0.2, 0) is 14.6 Å². The number of ether oxygens (including phenoxy) is 1. The van der Waals surface area contributed by atoms with Gasteiger partial charge in [0.15, 0.2) is 15.7 Å². The lowest BCUT2D eigenvalue weighted by Crippen LogP contribution is -2.30. The molecule has 0 fully saturated rings. The molecule has 33 heavy (non-hydrogen) atoms. The highest BCUT2D eigenvalue weighted by molar-refractivity contribution is 7.90.